The Labute approximate surface area is 56.9 Å². The van der Waals surface area contributed by atoms with E-state index in [-0.39, 0.29) is 5.75 Å². The van der Waals surface area contributed by atoms with Crippen LogP contribution in [0.2, 0.25) is 0 Å². The maximum absolute atomic E-state index is 10.7. The lowest BCUT2D eigenvalue weighted by Crippen LogP contribution is -1.64. The molecule has 0 unspecified atom stereocenters. The minimum atomic E-state index is -0.0516. The van der Waals surface area contributed by atoms with Gasteiger partial charge in [-0.1, -0.05) is 0 Å². The Morgan fingerprint density at radius 3 is 3.20 bits per heavy atom. The Morgan fingerprint density at radius 1 is 1.40 bits per heavy atom. The molecule has 2 aromatic rings. The van der Waals surface area contributed by atoms with Crippen LogP contribution in [0.3, 0.4) is 0 Å². The van der Waals surface area contributed by atoms with Gasteiger partial charge in [0.25, 0.3) is 0 Å². The van der Waals surface area contributed by atoms with E-state index in [1.165, 1.54) is 18.5 Å². The van der Waals surface area contributed by atoms with Crippen LogP contribution in [0.4, 0.5) is 0 Å². The molecule has 0 saturated carbocycles. The van der Waals surface area contributed by atoms with Crippen LogP contribution in [-0.4, -0.2) is 4.98 Å². The van der Waals surface area contributed by atoms with Gasteiger partial charge in [0.1, 0.15) is 5.52 Å². The second kappa shape index (κ2) is 1.73. The van der Waals surface area contributed by atoms with E-state index in [2.05, 4.69) is 4.98 Å². The summed E-state index contributed by atoms with van der Waals surface area (Å²) in [6, 6.07) is 4.52. The summed E-state index contributed by atoms with van der Waals surface area (Å²) in [6.45, 7) is 0. The predicted octanol–water partition coefficient (Wildman–Crippen LogP) is 1.97. The summed E-state index contributed by atoms with van der Waals surface area (Å²) < 4.78 is 4.89. The van der Waals surface area contributed by atoms with Gasteiger partial charge in [0.15, 0.2) is 17.7 Å². The van der Waals surface area contributed by atoms with Crippen LogP contribution in [0, 0.1) is 0 Å². The topological polar surface area (TPSA) is 45.9 Å². The van der Waals surface area contributed by atoms with Crippen molar-refractivity contribution in [2.45, 2.75) is 0 Å². The molecule has 0 aliphatic rings. The molecule has 10 heavy (non-hydrogen) atoms. The zero-order valence-corrected chi connectivity index (χ0v) is 5.07. The Kier molecular flexibility index (Phi) is 0.917. The van der Waals surface area contributed by atoms with Crippen LogP contribution in [0.15, 0.2) is 29.0 Å². The van der Waals surface area contributed by atoms with Crippen LogP contribution in [0.25, 0.3) is 11.1 Å². The maximum Gasteiger partial charge on any atom is 0.182 e. The number of fused-ring (bicyclic) bond motifs is 1. The Hall–Kier alpha value is -1.51. The number of aromatic nitrogens is 1. The van der Waals surface area contributed by atoms with Crippen molar-refractivity contribution in [3.8, 4) is 5.75 Å². The zero-order chi connectivity index (χ0) is 6.97. The molecule has 0 aliphatic carbocycles. The molecule has 0 N–H and O–H groups in total. The van der Waals surface area contributed by atoms with Crippen LogP contribution in [-0.2, 0) is 5.11 Å². The van der Waals surface area contributed by atoms with E-state index in [0.717, 1.165) is 5.52 Å². The molecule has 0 spiro atoms. The first-order chi connectivity index (χ1) is 4.86. The summed E-state index contributed by atoms with van der Waals surface area (Å²) in [4.78, 5) is 3.85. The van der Waals surface area contributed by atoms with E-state index in [1.807, 2.05) is 0 Å². The number of hydrogen-bond donors (Lipinski definition) is 0. The number of nitrogens with zero attached hydrogens (tertiary/aromatic N) is 1. The molecule has 1 aromatic heterocycles. The molecule has 3 heteroatoms. The molecule has 0 atom stereocenters. The van der Waals surface area contributed by atoms with Gasteiger partial charge in [0.2, 0.25) is 0 Å². The smallest absolute Gasteiger partial charge is 0.182 e. The Morgan fingerprint density at radius 2 is 2.30 bits per heavy atom. The molecule has 1 radical (unpaired) electrons. The lowest BCUT2D eigenvalue weighted by molar-refractivity contribution is 0.355. The standard InChI is InChI=1S/C7H4NO2/c9-5-1-2-6-7(3-5)10-4-8-6/h1-4H. The van der Waals surface area contributed by atoms with Gasteiger partial charge in [0.05, 0.1) is 0 Å². The van der Waals surface area contributed by atoms with E-state index in [4.69, 9.17) is 4.42 Å². The van der Waals surface area contributed by atoms with Gasteiger partial charge in [-0.15, -0.1) is 0 Å². The van der Waals surface area contributed by atoms with Crippen LogP contribution in [0.1, 0.15) is 0 Å². The summed E-state index contributed by atoms with van der Waals surface area (Å²) in [5.41, 5.74) is 1.27. The number of rotatable bonds is 0. The molecule has 3 nitrogen and oxygen atoms in total. The van der Waals surface area contributed by atoms with Crippen molar-refractivity contribution in [3.63, 3.8) is 0 Å². The quantitative estimate of drug-likeness (QED) is 0.552. The van der Waals surface area contributed by atoms with Crippen molar-refractivity contribution in [2.75, 3.05) is 0 Å². The molecule has 0 aliphatic heterocycles. The Balaban J connectivity index is 2.86. The van der Waals surface area contributed by atoms with Gasteiger partial charge in [-0.3, -0.25) is 5.11 Å². The SMILES string of the molecule is [O]c1ccc2ncoc2c1. The largest absolute Gasteiger partial charge is 0.443 e. The molecule has 0 amide bonds. The summed E-state index contributed by atoms with van der Waals surface area (Å²) in [5.74, 6) is -0.0516. The van der Waals surface area contributed by atoms with E-state index in [0.29, 0.717) is 5.58 Å². The van der Waals surface area contributed by atoms with Crippen LogP contribution < -0.4 is 0 Å². The average molecular weight is 134 g/mol. The Bertz CT molecular complexity index is 353. The number of oxazole rings is 1. The molecule has 0 bridgehead atoms. The van der Waals surface area contributed by atoms with Crippen molar-refractivity contribution in [1.29, 1.82) is 0 Å². The van der Waals surface area contributed by atoms with Crippen LogP contribution in [0.5, 0.6) is 5.75 Å². The highest BCUT2D eigenvalue weighted by Crippen LogP contribution is 2.18. The maximum atomic E-state index is 10.7. The fourth-order valence-corrected chi connectivity index (χ4v) is 0.835. The highest BCUT2D eigenvalue weighted by molar-refractivity contribution is 5.73. The second-order valence-electron chi connectivity index (χ2n) is 1.98. The first-order valence-electron chi connectivity index (χ1n) is 2.86. The third-order valence-corrected chi connectivity index (χ3v) is 1.30. The molecule has 1 aromatic carbocycles. The third-order valence-electron chi connectivity index (χ3n) is 1.30. The normalized spacial score (nSPS) is 10.4. The first-order valence-corrected chi connectivity index (χ1v) is 2.86. The first kappa shape index (κ1) is 5.29. The minimum Gasteiger partial charge on any atom is -0.443 e. The zero-order valence-electron chi connectivity index (χ0n) is 5.07. The lowest BCUT2D eigenvalue weighted by atomic mass is 10.3. The predicted molar refractivity (Wildman–Crippen MR) is 34.1 cm³/mol. The molecule has 0 saturated heterocycles. The van der Waals surface area contributed by atoms with Gasteiger partial charge in [0, 0.05) is 6.07 Å². The van der Waals surface area contributed by atoms with Crippen molar-refractivity contribution >= 4 is 11.1 Å². The summed E-state index contributed by atoms with van der Waals surface area (Å²) in [7, 11) is 0. The molecule has 49 valence electrons. The average Bonchev–Trinajstić information content (AvgIpc) is 2.33. The van der Waals surface area contributed by atoms with Gasteiger partial charge >= 0.3 is 0 Å². The van der Waals surface area contributed by atoms with Gasteiger partial charge in [-0.2, -0.15) is 0 Å². The monoisotopic (exact) mass is 134 g/mol. The fraction of sp³-hybridized carbons (Fsp3) is 0. The fourth-order valence-electron chi connectivity index (χ4n) is 0.835. The molecule has 0 fully saturated rings. The van der Waals surface area contributed by atoms with E-state index in [9.17, 15) is 5.11 Å². The van der Waals surface area contributed by atoms with E-state index < -0.39 is 0 Å². The van der Waals surface area contributed by atoms with E-state index >= 15 is 0 Å². The highest BCUT2D eigenvalue weighted by atomic mass is 16.3. The number of hydrogen-bond acceptors (Lipinski definition) is 2. The van der Waals surface area contributed by atoms with Crippen molar-refractivity contribution in [3.05, 3.63) is 24.6 Å². The molecular formula is C7H4NO2. The second-order valence-corrected chi connectivity index (χ2v) is 1.98. The van der Waals surface area contributed by atoms with Crippen molar-refractivity contribution in [1.82, 2.24) is 4.98 Å². The lowest BCUT2D eigenvalue weighted by Gasteiger charge is -1.83. The van der Waals surface area contributed by atoms with Gasteiger partial charge in [-0.25, -0.2) is 4.98 Å². The molecular weight excluding hydrogens is 130 g/mol. The summed E-state index contributed by atoms with van der Waals surface area (Å²) in [5, 5.41) is 10.7. The third kappa shape index (κ3) is 0.639. The summed E-state index contributed by atoms with van der Waals surface area (Å²) >= 11 is 0. The minimum absolute atomic E-state index is 0.0516. The van der Waals surface area contributed by atoms with E-state index in [1.54, 1.807) is 6.07 Å². The van der Waals surface area contributed by atoms with Crippen LogP contribution >= 0.6 is 0 Å². The molecule has 1 heterocycles. The van der Waals surface area contributed by atoms with Gasteiger partial charge < -0.3 is 4.42 Å². The van der Waals surface area contributed by atoms with Crippen molar-refractivity contribution < 1.29 is 9.52 Å². The van der Waals surface area contributed by atoms with Crippen molar-refractivity contribution in [2.24, 2.45) is 0 Å². The highest BCUT2D eigenvalue weighted by Gasteiger charge is 1.98. The molecule has 2 rings (SSSR count). The number of benzene rings is 1. The summed E-state index contributed by atoms with van der Waals surface area (Å²) in [6.07, 6.45) is 1.32. The van der Waals surface area contributed by atoms with Gasteiger partial charge in [-0.05, 0) is 12.1 Å².